The van der Waals surface area contributed by atoms with Gasteiger partial charge in [0.1, 0.15) is 5.76 Å². The molecule has 0 N–H and O–H groups in total. The molecule has 0 fully saturated rings. The first-order valence-corrected chi connectivity index (χ1v) is 4.09. The standard InChI is InChI=1S/C10H12FNO/c1-3-12(8-11)9(2)7-10-5-4-6-13-10/h1,4-6,9H,7-8H2,2H3. The Morgan fingerprint density at radius 3 is 3.00 bits per heavy atom. The van der Waals surface area contributed by atoms with Gasteiger partial charge in [-0.15, -0.1) is 0 Å². The van der Waals surface area contributed by atoms with E-state index in [9.17, 15) is 4.39 Å². The van der Waals surface area contributed by atoms with Crippen LogP contribution in [0, 0.1) is 12.5 Å². The maximum Gasteiger partial charge on any atom is 0.168 e. The van der Waals surface area contributed by atoms with Crippen LogP contribution in [0.5, 0.6) is 0 Å². The van der Waals surface area contributed by atoms with Crippen molar-refractivity contribution in [1.82, 2.24) is 4.90 Å². The molecule has 13 heavy (non-hydrogen) atoms. The SMILES string of the molecule is C#CN(CF)C(C)Cc1ccco1. The Hall–Kier alpha value is -1.43. The molecule has 0 bridgehead atoms. The Balaban J connectivity index is 2.50. The van der Waals surface area contributed by atoms with Gasteiger partial charge in [0.05, 0.1) is 6.26 Å². The third-order valence-corrected chi connectivity index (χ3v) is 1.90. The molecule has 0 aromatic carbocycles. The number of rotatable bonds is 4. The van der Waals surface area contributed by atoms with Crippen LogP contribution < -0.4 is 0 Å². The summed E-state index contributed by atoms with van der Waals surface area (Å²) in [5.41, 5.74) is 0. The molecule has 3 heteroatoms. The van der Waals surface area contributed by atoms with Crippen LogP contribution in [0.4, 0.5) is 4.39 Å². The van der Waals surface area contributed by atoms with Crippen LogP contribution in [-0.2, 0) is 6.42 Å². The summed E-state index contributed by atoms with van der Waals surface area (Å²) in [4.78, 5) is 1.29. The molecule has 0 aliphatic rings. The first kappa shape index (κ1) is 9.66. The predicted molar refractivity (Wildman–Crippen MR) is 48.5 cm³/mol. The highest BCUT2D eigenvalue weighted by atomic mass is 19.1. The molecule has 1 heterocycles. The summed E-state index contributed by atoms with van der Waals surface area (Å²) in [6, 6.07) is 5.89. The fourth-order valence-corrected chi connectivity index (χ4v) is 1.11. The highest BCUT2D eigenvalue weighted by molar-refractivity contribution is 5.01. The fraction of sp³-hybridized carbons (Fsp3) is 0.400. The van der Waals surface area contributed by atoms with Crippen molar-refractivity contribution in [3.8, 4) is 12.5 Å². The molecule has 70 valence electrons. The van der Waals surface area contributed by atoms with Crippen molar-refractivity contribution in [2.45, 2.75) is 19.4 Å². The van der Waals surface area contributed by atoms with E-state index in [1.165, 1.54) is 4.90 Å². The lowest BCUT2D eigenvalue weighted by Crippen LogP contribution is -2.29. The van der Waals surface area contributed by atoms with E-state index in [0.29, 0.717) is 6.42 Å². The maximum absolute atomic E-state index is 12.3. The average Bonchev–Trinajstić information content (AvgIpc) is 2.59. The molecule has 1 unspecified atom stereocenters. The first-order chi connectivity index (χ1) is 6.27. The van der Waals surface area contributed by atoms with E-state index in [0.717, 1.165) is 5.76 Å². The number of furan rings is 1. The molecule has 2 nitrogen and oxygen atoms in total. The lowest BCUT2D eigenvalue weighted by molar-refractivity contribution is 0.210. The van der Waals surface area contributed by atoms with Gasteiger partial charge in [-0.25, -0.2) is 4.39 Å². The molecule has 0 radical (unpaired) electrons. The third-order valence-electron chi connectivity index (χ3n) is 1.90. The van der Waals surface area contributed by atoms with Gasteiger partial charge in [-0.3, -0.25) is 0 Å². The topological polar surface area (TPSA) is 16.4 Å². The van der Waals surface area contributed by atoms with Crippen molar-refractivity contribution in [3.63, 3.8) is 0 Å². The quantitative estimate of drug-likeness (QED) is 0.401. The third kappa shape index (κ3) is 2.51. The number of alkyl halides is 1. The van der Waals surface area contributed by atoms with E-state index >= 15 is 0 Å². The van der Waals surface area contributed by atoms with Crippen molar-refractivity contribution in [2.75, 3.05) is 6.80 Å². The Morgan fingerprint density at radius 1 is 1.77 bits per heavy atom. The summed E-state index contributed by atoms with van der Waals surface area (Å²) in [5.74, 6) is 0.821. The van der Waals surface area contributed by atoms with E-state index in [2.05, 4.69) is 6.04 Å². The minimum Gasteiger partial charge on any atom is -0.469 e. The molecule has 0 saturated carbocycles. The van der Waals surface area contributed by atoms with Gasteiger partial charge in [0.2, 0.25) is 0 Å². The van der Waals surface area contributed by atoms with E-state index in [1.807, 2.05) is 13.0 Å². The second kappa shape index (κ2) is 4.56. The van der Waals surface area contributed by atoms with Crippen molar-refractivity contribution in [3.05, 3.63) is 24.2 Å². The minimum absolute atomic E-state index is 0.0406. The highest BCUT2D eigenvalue weighted by Crippen LogP contribution is 2.08. The molecule has 0 aliphatic heterocycles. The number of hydrogen-bond donors (Lipinski definition) is 0. The van der Waals surface area contributed by atoms with Crippen LogP contribution >= 0.6 is 0 Å². The molecule has 1 atom stereocenters. The molecular formula is C10H12FNO. The maximum atomic E-state index is 12.3. The molecular weight excluding hydrogens is 169 g/mol. The molecule has 1 aromatic heterocycles. The van der Waals surface area contributed by atoms with Gasteiger partial charge < -0.3 is 9.32 Å². The van der Waals surface area contributed by atoms with Crippen molar-refractivity contribution in [2.24, 2.45) is 0 Å². The number of halogens is 1. The smallest absolute Gasteiger partial charge is 0.168 e. The largest absolute Gasteiger partial charge is 0.469 e. The van der Waals surface area contributed by atoms with Crippen LogP contribution in [0.3, 0.4) is 0 Å². The summed E-state index contributed by atoms with van der Waals surface area (Å²) in [6.07, 6.45) is 7.34. The van der Waals surface area contributed by atoms with Gasteiger partial charge in [0.25, 0.3) is 0 Å². The zero-order chi connectivity index (χ0) is 9.68. The first-order valence-electron chi connectivity index (χ1n) is 4.09. The van der Waals surface area contributed by atoms with Crippen molar-refractivity contribution in [1.29, 1.82) is 0 Å². The Bertz CT molecular complexity index is 276. The van der Waals surface area contributed by atoms with Gasteiger partial charge in [-0.2, -0.15) is 0 Å². The summed E-state index contributed by atoms with van der Waals surface area (Å²) < 4.78 is 17.4. The zero-order valence-corrected chi connectivity index (χ0v) is 7.53. The zero-order valence-electron chi connectivity index (χ0n) is 7.53. The van der Waals surface area contributed by atoms with Gasteiger partial charge in [0, 0.05) is 18.5 Å². The molecule has 0 aliphatic carbocycles. The van der Waals surface area contributed by atoms with Gasteiger partial charge in [-0.1, -0.05) is 6.42 Å². The van der Waals surface area contributed by atoms with Gasteiger partial charge >= 0.3 is 0 Å². The van der Waals surface area contributed by atoms with E-state index in [4.69, 9.17) is 10.8 Å². The van der Waals surface area contributed by atoms with E-state index in [-0.39, 0.29) is 6.04 Å². The Labute approximate surface area is 77.3 Å². The van der Waals surface area contributed by atoms with Crippen LogP contribution in [0.15, 0.2) is 22.8 Å². The van der Waals surface area contributed by atoms with Crippen LogP contribution in [-0.4, -0.2) is 17.7 Å². The summed E-state index contributed by atoms with van der Waals surface area (Å²) >= 11 is 0. The van der Waals surface area contributed by atoms with Crippen molar-refractivity contribution >= 4 is 0 Å². The highest BCUT2D eigenvalue weighted by Gasteiger charge is 2.11. The molecule has 1 aromatic rings. The summed E-state index contributed by atoms with van der Waals surface area (Å²) in [6.45, 7) is 1.24. The molecule has 0 amide bonds. The van der Waals surface area contributed by atoms with E-state index < -0.39 is 6.80 Å². The molecule has 1 rings (SSSR count). The normalized spacial score (nSPS) is 12.1. The van der Waals surface area contributed by atoms with Crippen LogP contribution in [0.2, 0.25) is 0 Å². The summed E-state index contributed by atoms with van der Waals surface area (Å²) in [5, 5.41) is 0. The Kier molecular flexibility index (Phi) is 3.39. The number of hydrogen-bond acceptors (Lipinski definition) is 2. The molecule has 0 saturated heterocycles. The Morgan fingerprint density at radius 2 is 2.54 bits per heavy atom. The van der Waals surface area contributed by atoms with Crippen LogP contribution in [0.1, 0.15) is 12.7 Å². The van der Waals surface area contributed by atoms with Gasteiger partial charge in [0.15, 0.2) is 6.80 Å². The fourth-order valence-electron chi connectivity index (χ4n) is 1.11. The second-order valence-corrected chi connectivity index (χ2v) is 2.85. The number of terminal acetylenes is 1. The van der Waals surface area contributed by atoms with Crippen molar-refractivity contribution < 1.29 is 8.81 Å². The lowest BCUT2D eigenvalue weighted by atomic mass is 10.2. The lowest BCUT2D eigenvalue weighted by Gasteiger charge is -2.20. The predicted octanol–water partition coefficient (Wildman–Crippen LogP) is 2.03. The second-order valence-electron chi connectivity index (χ2n) is 2.85. The average molecular weight is 181 g/mol. The number of nitrogens with zero attached hydrogens (tertiary/aromatic N) is 1. The minimum atomic E-state index is -0.627. The monoisotopic (exact) mass is 181 g/mol. The van der Waals surface area contributed by atoms with Crippen LogP contribution in [0.25, 0.3) is 0 Å². The summed E-state index contributed by atoms with van der Waals surface area (Å²) in [7, 11) is 0. The van der Waals surface area contributed by atoms with Gasteiger partial charge in [-0.05, 0) is 19.1 Å². The molecule has 0 spiro atoms. The van der Waals surface area contributed by atoms with E-state index in [1.54, 1.807) is 12.3 Å².